The molecule has 4 N–H and O–H groups in total. The van der Waals surface area contributed by atoms with Gasteiger partial charge in [-0.2, -0.15) is 13.2 Å². The quantitative estimate of drug-likeness (QED) is 0.216. The topological polar surface area (TPSA) is 154 Å². The molecule has 0 spiro atoms. The fourth-order valence-electron chi connectivity index (χ4n) is 3.31. The minimum absolute atomic E-state index is 0.0406. The van der Waals surface area contributed by atoms with Gasteiger partial charge in [-0.3, -0.25) is 15.1 Å². The number of H-pyrrole nitrogens is 1. The number of hydrogen-bond donors (Lipinski definition) is 3. The minimum Gasteiger partial charge on any atom is -0.497 e. The van der Waals surface area contributed by atoms with Crippen LogP contribution in [0.2, 0.25) is 0 Å². The Hall–Kier alpha value is -4.62. The molecule has 4 rings (SSSR count). The number of carbonyl (C=O) groups is 1. The Morgan fingerprint density at radius 2 is 1.86 bits per heavy atom. The van der Waals surface area contributed by atoms with E-state index in [0.29, 0.717) is 17.0 Å². The molecule has 0 saturated heterocycles. The lowest BCUT2D eigenvalue weighted by Crippen LogP contribution is -2.29. The number of hydrogen-bond acceptors (Lipinski definition) is 10. The zero-order valence-corrected chi connectivity index (χ0v) is 18.4. The third-order valence-electron chi connectivity index (χ3n) is 4.90. The zero-order chi connectivity index (χ0) is 25.5. The summed E-state index contributed by atoms with van der Waals surface area (Å²) in [5.41, 5.74) is 5.32. The van der Waals surface area contributed by atoms with Gasteiger partial charge < -0.3 is 19.9 Å². The standard InChI is InChI=1S/C21H17F3N6O5/c1-8-10-6-9(33-2)4-5-12(10)27-19(26-8)30-20-28-15-13(34-3)7-11(25)16(14(15)17(31)29-20)35-18(32)21(22,23)24/h4-7H,25H2,1-3H3,(H2,26,27,28,29,30,31). The fourth-order valence-corrected chi connectivity index (χ4v) is 3.31. The Kier molecular flexibility index (Phi) is 5.80. The molecule has 2 aromatic carbocycles. The second-order valence-corrected chi connectivity index (χ2v) is 7.16. The van der Waals surface area contributed by atoms with Crippen LogP contribution in [0.1, 0.15) is 5.69 Å². The van der Waals surface area contributed by atoms with E-state index >= 15 is 0 Å². The van der Waals surface area contributed by atoms with Crippen molar-refractivity contribution in [2.45, 2.75) is 13.1 Å². The Labute approximate surface area is 194 Å². The van der Waals surface area contributed by atoms with Crippen molar-refractivity contribution in [3.05, 3.63) is 40.3 Å². The number of benzene rings is 2. The van der Waals surface area contributed by atoms with Crippen molar-refractivity contribution in [2.75, 3.05) is 25.3 Å². The molecule has 0 aliphatic carbocycles. The number of nitrogens with two attached hydrogens (primary N) is 1. The highest BCUT2D eigenvalue weighted by Gasteiger charge is 2.42. The van der Waals surface area contributed by atoms with Crippen LogP contribution < -0.4 is 30.8 Å². The van der Waals surface area contributed by atoms with E-state index in [2.05, 4.69) is 30.0 Å². The summed E-state index contributed by atoms with van der Waals surface area (Å²) in [4.78, 5) is 39.5. The van der Waals surface area contributed by atoms with Crippen LogP contribution in [-0.2, 0) is 4.79 Å². The van der Waals surface area contributed by atoms with Gasteiger partial charge in [0.1, 0.15) is 22.4 Å². The number of nitrogens with zero attached hydrogens (tertiary/aromatic N) is 3. The summed E-state index contributed by atoms with van der Waals surface area (Å²) in [6.07, 6.45) is -5.31. The van der Waals surface area contributed by atoms with Gasteiger partial charge in [-0.05, 0) is 25.1 Å². The van der Waals surface area contributed by atoms with Crippen molar-refractivity contribution < 1.29 is 32.2 Å². The van der Waals surface area contributed by atoms with Crippen LogP contribution in [0.25, 0.3) is 21.8 Å². The lowest BCUT2D eigenvalue weighted by atomic mass is 10.1. The summed E-state index contributed by atoms with van der Waals surface area (Å²) in [6, 6.07) is 6.29. The van der Waals surface area contributed by atoms with Gasteiger partial charge in [0.05, 0.1) is 31.1 Å². The summed E-state index contributed by atoms with van der Waals surface area (Å²) in [5, 5.41) is 2.99. The molecule has 0 radical (unpaired) electrons. The molecule has 0 bridgehead atoms. The molecule has 35 heavy (non-hydrogen) atoms. The summed E-state index contributed by atoms with van der Waals surface area (Å²) < 4.78 is 53.0. The molecule has 0 aliphatic rings. The van der Waals surface area contributed by atoms with Gasteiger partial charge >= 0.3 is 12.1 Å². The van der Waals surface area contributed by atoms with Gasteiger partial charge in [-0.15, -0.1) is 0 Å². The van der Waals surface area contributed by atoms with E-state index in [9.17, 15) is 22.8 Å². The van der Waals surface area contributed by atoms with Gasteiger partial charge in [-0.25, -0.2) is 19.7 Å². The maximum absolute atomic E-state index is 12.8. The van der Waals surface area contributed by atoms with E-state index in [1.165, 1.54) is 14.2 Å². The number of aryl methyl sites for hydroxylation is 1. The minimum atomic E-state index is -5.31. The molecule has 0 saturated carbocycles. The zero-order valence-electron chi connectivity index (χ0n) is 18.4. The number of fused-ring (bicyclic) bond motifs is 2. The molecule has 4 aromatic rings. The highest BCUT2D eigenvalue weighted by molar-refractivity contribution is 5.97. The number of alkyl halides is 3. The van der Waals surface area contributed by atoms with E-state index in [-0.39, 0.29) is 23.2 Å². The van der Waals surface area contributed by atoms with Crippen molar-refractivity contribution in [1.29, 1.82) is 0 Å². The van der Waals surface area contributed by atoms with E-state index < -0.39 is 34.5 Å². The number of halogens is 3. The van der Waals surface area contributed by atoms with Crippen LogP contribution in [0.4, 0.5) is 30.8 Å². The van der Waals surface area contributed by atoms with Gasteiger partial charge in [0.25, 0.3) is 5.56 Å². The molecule has 0 aliphatic heterocycles. The maximum Gasteiger partial charge on any atom is 0.491 e. The van der Waals surface area contributed by atoms with Crippen molar-refractivity contribution >= 4 is 45.4 Å². The second-order valence-electron chi connectivity index (χ2n) is 7.16. The van der Waals surface area contributed by atoms with Crippen molar-refractivity contribution in [3.8, 4) is 17.2 Å². The number of esters is 1. The number of anilines is 3. The number of rotatable bonds is 5. The molecule has 0 amide bonds. The first-order valence-corrected chi connectivity index (χ1v) is 9.80. The number of ether oxygens (including phenoxy) is 3. The van der Waals surface area contributed by atoms with E-state index in [0.717, 1.165) is 11.5 Å². The third kappa shape index (κ3) is 4.45. The number of carbonyl (C=O) groups excluding carboxylic acids is 1. The van der Waals surface area contributed by atoms with Crippen molar-refractivity contribution in [2.24, 2.45) is 0 Å². The van der Waals surface area contributed by atoms with Crippen molar-refractivity contribution in [3.63, 3.8) is 0 Å². The monoisotopic (exact) mass is 490 g/mol. The Balaban J connectivity index is 1.81. The molecule has 0 fully saturated rings. The largest absolute Gasteiger partial charge is 0.497 e. The second kappa shape index (κ2) is 8.62. The molecule has 11 nitrogen and oxygen atoms in total. The predicted molar refractivity (Wildman–Crippen MR) is 119 cm³/mol. The Morgan fingerprint density at radius 1 is 1.11 bits per heavy atom. The lowest BCUT2D eigenvalue weighted by Gasteiger charge is -2.14. The Morgan fingerprint density at radius 3 is 2.51 bits per heavy atom. The fraction of sp³-hybridized carbons (Fsp3) is 0.190. The molecule has 182 valence electrons. The first-order chi connectivity index (χ1) is 16.5. The average Bonchev–Trinajstić information content (AvgIpc) is 2.79. The Bertz CT molecular complexity index is 1540. The highest BCUT2D eigenvalue weighted by Crippen LogP contribution is 2.37. The number of aromatic nitrogens is 4. The predicted octanol–water partition coefficient (Wildman–Crippen LogP) is 2.99. The highest BCUT2D eigenvalue weighted by atomic mass is 19.4. The van der Waals surface area contributed by atoms with Gasteiger partial charge in [0.15, 0.2) is 5.75 Å². The first kappa shape index (κ1) is 23.5. The molecule has 2 heterocycles. The molecule has 0 unspecified atom stereocenters. The number of nitrogens with one attached hydrogen (secondary N) is 2. The van der Waals surface area contributed by atoms with Crippen LogP contribution in [0.15, 0.2) is 29.1 Å². The molecule has 14 heteroatoms. The van der Waals surface area contributed by atoms with Crippen LogP contribution >= 0.6 is 0 Å². The summed E-state index contributed by atoms with van der Waals surface area (Å²) in [6.45, 7) is 1.75. The van der Waals surface area contributed by atoms with Crippen molar-refractivity contribution in [1.82, 2.24) is 19.9 Å². The molecular formula is C21H17F3N6O5. The van der Waals surface area contributed by atoms with Gasteiger partial charge in [0.2, 0.25) is 11.9 Å². The van der Waals surface area contributed by atoms with Crippen LogP contribution in [0.3, 0.4) is 0 Å². The van der Waals surface area contributed by atoms with Crippen LogP contribution in [0.5, 0.6) is 17.2 Å². The average molecular weight is 490 g/mol. The molecule has 0 atom stereocenters. The van der Waals surface area contributed by atoms with E-state index in [1.807, 2.05) is 0 Å². The summed E-state index contributed by atoms with van der Waals surface area (Å²) in [7, 11) is 2.78. The smallest absolute Gasteiger partial charge is 0.491 e. The summed E-state index contributed by atoms with van der Waals surface area (Å²) >= 11 is 0. The lowest BCUT2D eigenvalue weighted by molar-refractivity contribution is -0.189. The van der Waals surface area contributed by atoms with E-state index in [4.69, 9.17) is 15.2 Å². The van der Waals surface area contributed by atoms with Gasteiger partial charge in [0, 0.05) is 11.5 Å². The first-order valence-electron chi connectivity index (χ1n) is 9.80. The maximum atomic E-state index is 12.8. The normalized spacial score (nSPS) is 11.5. The number of aromatic amines is 1. The SMILES string of the molecule is COc1ccc2nc(Nc3nc4c(OC)cc(N)c(OC(=O)C(F)(F)F)c4c(=O)[nH]3)nc(C)c2c1. The van der Waals surface area contributed by atoms with Gasteiger partial charge in [-0.1, -0.05) is 0 Å². The number of methoxy groups -OCH3 is 2. The van der Waals surface area contributed by atoms with Crippen LogP contribution in [0, 0.1) is 6.92 Å². The summed E-state index contributed by atoms with van der Waals surface area (Å²) in [5.74, 6) is -2.82. The van der Waals surface area contributed by atoms with Crippen LogP contribution in [-0.4, -0.2) is 46.3 Å². The third-order valence-corrected chi connectivity index (χ3v) is 4.90. The number of nitrogen functional groups attached to an aromatic ring is 1. The molecular weight excluding hydrogens is 473 g/mol. The van der Waals surface area contributed by atoms with E-state index in [1.54, 1.807) is 25.1 Å². The molecule has 2 aromatic heterocycles.